The van der Waals surface area contributed by atoms with E-state index in [0.717, 1.165) is 22.2 Å². The fourth-order valence-corrected chi connectivity index (χ4v) is 2.40. The number of nitrogens with one attached hydrogen (secondary N) is 1. The number of para-hydroxylation sites is 1. The molecule has 1 atom stereocenters. The first-order valence-electron chi connectivity index (χ1n) is 6.79. The van der Waals surface area contributed by atoms with Gasteiger partial charge < -0.3 is 5.32 Å². The van der Waals surface area contributed by atoms with Crippen LogP contribution >= 0.6 is 0 Å². The summed E-state index contributed by atoms with van der Waals surface area (Å²) in [6.45, 7) is 3.52. The van der Waals surface area contributed by atoms with E-state index in [4.69, 9.17) is 0 Å². The van der Waals surface area contributed by atoms with Gasteiger partial charge in [-0.15, -0.1) is 5.10 Å². The molecule has 5 heteroatoms. The molecule has 2 aromatic carbocycles. The molecule has 106 valence electrons. The Balaban J connectivity index is 2.13. The molecule has 1 heterocycles. The Hall–Kier alpha value is -2.69. The maximum Gasteiger partial charge on any atom is 0.218 e. The van der Waals surface area contributed by atoms with Crippen molar-refractivity contribution >= 4 is 16.9 Å². The summed E-state index contributed by atoms with van der Waals surface area (Å²) in [5.74, 6) is -0.110. The maximum atomic E-state index is 11.6. The van der Waals surface area contributed by atoms with E-state index in [9.17, 15) is 4.79 Å². The monoisotopic (exact) mass is 280 g/mol. The minimum Gasteiger partial charge on any atom is -0.331 e. The minimum absolute atomic E-state index is 0.110. The van der Waals surface area contributed by atoms with Crippen molar-refractivity contribution in [2.45, 2.75) is 20.0 Å². The zero-order valence-corrected chi connectivity index (χ0v) is 11.9. The highest BCUT2D eigenvalue weighted by Crippen LogP contribution is 2.21. The second-order valence-electron chi connectivity index (χ2n) is 5.04. The summed E-state index contributed by atoms with van der Waals surface area (Å²) in [7, 11) is 0. The molecule has 0 unspecified atom stereocenters. The fraction of sp³-hybridized carbons (Fsp3) is 0.188. The molecule has 0 radical (unpaired) electrons. The van der Waals surface area contributed by atoms with Crippen molar-refractivity contribution in [2.75, 3.05) is 0 Å². The van der Waals surface area contributed by atoms with Gasteiger partial charge in [-0.3, -0.25) is 4.79 Å². The molecule has 0 aliphatic heterocycles. The van der Waals surface area contributed by atoms with Gasteiger partial charge in [0.25, 0.3) is 0 Å². The molecule has 0 saturated heterocycles. The molecule has 1 aromatic heterocycles. The first kappa shape index (κ1) is 13.3. The first-order chi connectivity index (χ1) is 10.1. The van der Waals surface area contributed by atoms with Gasteiger partial charge in [-0.25, -0.2) is 4.68 Å². The molecule has 0 aliphatic rings. The summed E-state index contributed by atoms with van der Waals surface area (Å²) in [5, 5.41) is 11.3. The predicted molar refractivity (Wildman–Crippen MR) is 80.7 cm³/mol. The molecule has 1 amide bonds. The predicted octanol–water partition coefficient (Wildman–Crippen LogP) is 2.42. The lowest BCUT2D eigenvalue weighted by Gasteiger charge is -2.19. The average molecular weight is 280 g/mol. The molecular formula is C16H16N4O. The number of carbonyl (C=O) groups excluding carboxylic acids is 1. The number of carbonyl (C=O) groups is 1. The van der Waals surface area contributed by atoms with Gasteiger partial charge in [-0.2, -0.15) is 0 Å². The van der Waals surface area contributed by atoms with Crippen molar-refractivity contribution in [3.8, 4) is 0 Å². The number of fused-ring (bicyclic) bond motifs is 1. The van der Waals surface area contributed by atoms with Crippen LogP contribution in [0.4, 0.5) is 0 Å². The largest absolute Gasteiger partial charge is 0.331 e. The van der Waals surface area contributed by atoms with Gasteiger partial charge in [-0.1, -0.05) is 47.2 Å². The molecule has 0 saturated carbocycles. The van der Waals surface area contributed by atoms with Gasteiger partial charge in [0.1, 0.15) is 5.52 Å². The molecule has 3 aromatic rings. The summed E-state index contributed by atoms with van der Waals surface area (Å²) in [5.41, 5.74) is 3.80. The average Bonchev–Trinajstić information content (AvgIpc) is 2.88. The molecule has 21 heavy (non-hydrogen) atoms. The van der Waals surface area contributed by atoms with Crippen LogP contribution in [-0.2, 0) is 4.79 Å². The summed E-state index contributed by atoms with van der Waals surface area (Å²) in [6.07, 6.45) is -0.366. The summed E-state index contributed by atoms with van der Waals surface area (Å²) in [6, 6.07) is 15.7. The van der Waals surface area contributed by atoms with Crippen LogP contribution in [0.3, 0.4) is 0 Å². The van der Waals surface area contributed by atoms with Crippen LogP contribution in [0.2, 0.25) is 0 Å². The number of nitrogens with zero attached hydrogens (tertiary/aromatic N) is 3. The van der Waals surface area contributed by atoms with Gasteiger partial charge in [-0.05, 0) is 24.6 Å². The molecule has 3 rings (SSSR count). The van der Waals surface area contributed by atoms with Crippen molar-refractivity contribution in [1.82, 2.24) is 20.3 Å². The Morgan fingerprint density at radius 3 is 2.76 bits per heavy atom. The second kappa shape index (κ2) is 5.36. The topological polar surface area (TPSA) is 59.8 Å². The Kier molecular flexibility index (Phi) is 3.39. The Morgan fingerprint density at radius 1 is 1.19 bits per heavy atom. The highest BCUT2D eigenvalue weighted by molar-refractivity contribution is 5.76. The van der Waals surface area contributed by atoms with Crippen LogP contribution in [0.5, 0.6) is 0 Å². The molecule has 1 N–H and O–H groups in total. The molecule has 0 spiro atoms. The van der Waals surface area contributed by atoms with Gasteiger partial charge in [0.05, 0.1) is 5.52 Å². The van der Waals surface area contributed by atoms with E-state index in [2.05, 4.69) is 15.6 Å². The quantitative estimate of drug-likeness (QED) is 0.801. The van der Waals surface area contributed by atoms with E-state index >= 15 is 0 Å². The van der Waals surface area contributed by atoms with Crippen LogP contribution in [-0.4, -0.2) is 20.9 Å². The van der Waals surface area contributed by atoms with Crippen molar-refractivity contribution in [3.05, 3.63) is 59.7 Å². The molecular weight excluding hydrogens is 264 g/mol. The van der Waals surface area contributed by atoms with Gasteiger partial charge >= 0.3 is 0 Å². The lowest BCUT2D eigenvalue weighted by molar-refractivity contribution is -0.119. The van der Waals surface area contributed by atoms with Crippen LogP contribution in [0.15, 0.2) is 48.5 Å². The molecule has 0 bridgehead atoms. The van der Waals surface area contributed by atoms with E-state index in [-0.39, 0.29) is 12.1 Å². The van der Waals surface area contributed by atoms with E-state index < -0.39 is 0 Å². The lowest BCUT2D eigenvalue weighted by Crippen LogP contribution is -2.32. The Morgan fingerprint density at radius 2 is 2.00 bits per heavy atom. The number of aromatic nitrogens is 3. The van der Waals surface area contributed by atoms with Crippen LogP contribution in [0.25, 0.3) is 11.0 Å². The molecule has 0 fully saturated rings. The third kappa shape index (κ3) is 2.63. The second-order valence-corrected chi connectivity index (χ2v) is 5.04. The van der Waals surface area contributed by atoms with Gasteiger partial charge in [0.15, 0.2) is 6.17 Å². The zero-order valence-electron chi connectivity index (χ0n) is 11.9. The van der Waals surface area contributed by atoms with Crippen molar-refractivity contribution in [2.24, 2.45) is 0 Å². The van der Waals surface area contributed by atoms with Crippen LogP contribution in [0.1, 0.15) is 24.2 Å². The molecule has 0 aliphatic carbocycles. The fourth-order valence-electron chi connectivity index (χ4n) is 2.40. The van der Waals surface area contributed by atoms with E-state index in [1.165, 1.54) is 6.92 Å². The van der Waals surface area contributed by atoms with E-state index in [1.54, 1.807) is 4.68 Å². The first-order valence-corrected chi connectivity index (χ1v) is 6.79. The zero-order chi connectivity index (χ0) is 14.8. The number of rotatable bonds is 3. The van der Waals surface area contributed by atoms with E-state index in [0.29, 0.717) is 0 Å². The standard InChI is InChI=1S/C16H16N4O/c1-11-6-5-7-13(10-11)16(17-12(2)21)20-15-9-4-3-8-14(15)18-19-20/h3-10,16H,1-2H3,(H,17,21)/t16-/m0/s1. The van der Waals surface area contributed by atoms with Crippen LogP contribution < -0.4 is 5.32 Å². The maximum absolute atomic E-state index is 11.6. The Bertz CT molecular complexity index is 794. The number of hydrogen-bond donors (Lipinski definition) is 1. The van der Waals surface area contributed by atoms with Crippen molar-refractivity contribution < 1.29 is 4.79 Å². The summed E-state index contributed by atoms with van der Waals surface area (Å²) < 4.78 is 1.74. The molecule has 5 nitrogen and oxygen atoms in total. The third-order valence-electron chi connectivity index (χ3n) is 3.32. The smallest absolute Gasteiger partial charge is 0.218 e. The summed E-state index contributed by atoms with van der Waals surface area (Å²) in [4.78, 5) is 11.6. The van der Waals surface area contributed by atoms with Gasteiger partial charge in [0, 0.05) is 6.92 Å². The van der Waals surface area contributed by atoms with Gasteiger partial charge in [0.2, 0.25) is 5.91 Å². The van der Waals surface area contributed by atoms with Crippen LogP contribution in [0, 0.1) is 6.92 Å². The number of benzene rings is 2. The highest BCUT2D eigenvalue weighted by Gasteiger charge is 2.18. The Labute approximate surface area is 122 Å². The van der Waals surface area contributed by atoms with Crippen molar-refractivity contribution in [1.29, 1.82) is 0 Å². The minimum atomic E-state index is -0.366. The SMILES string of the molecule is CC(=O)N[C@H](c1cccc(C)c1)n1nnc2ccccc21. The third-order valence-corrected chi connectivity index (χ3v) is 3.32. The number of aryl methyl sites for hydroxylation is 1. The normalized spacial score (nSPS) is 12.3. The number of hydrogen-bond acceptors (Lipinski definition) is 3. The number of amides is 1. The van der Waals surface area contributed by atoms with E-state index in [1.807, 2.05) is 55.5 Å². The lowest BCUT2D eigenvalue weighted by atomic mass is 10.1. The van der Waals surface area contributed by atoms with Crippen molar-refractivity contribution in [3.63, 3.8) is 0 Å². The summed E-state index contributed by atoms with van der Waals surface area (Å²) >= 11 is 0. The highest BCUT2D eigenvalue weighted by atomic mass is 16.1.